The summed E-state index contributed by atoms with van der Waals surface area (Å²) in [5.74, 6) is 0.504. The van der Waals surface area contributed by atoms with E-state index in [0.29, 0.717) is 17.2 Å². The van der Waals surface area contributed by atoms with E-state index in [9.17, 15) is 9.59 Å². The number of benzene rings is 2. The topological polar surface area (TPSA) is 73.9 Å². The molecule has 1 unspecified atom stereocenters. The highest BCUT2D eigenvalue weighted by Crippen LogP contribution is 2.34. The highest BCUT2D eigenvalue weighted by atomic mass is 32.2. The number of nitrogens with one attached hydrogen (secondary N) is 1. The van der Waals surface area contributed by atoms with Crippen molar-refractivity contribution < 1.29 is 23.8 Å². The van der Waals surface area contributed by atoms with Crippen LogP contribution in [-0.2, 0) is 14.3 Å². The summed E-state index contributed by atoms with van der Waals surface area (Å²) in [7, 11) is 0. The number of aryl methyl sites for hydroxylation is 1. The maximum atomic E-state index is 12.2. The van der Waals surface area contributed by atoms with Crippen molar-refractivity contribution >= 4 is 29.3 Å². The highest BCUT2D eigenvalue weighted by molar-refractivity contribution is 8.00. The van der Waals surface area contributed by atoms with E-state index in [4.69, 9.17) is 14.2 Å². The van der Waals surface area contributed by atoms with Crippen LogP contribution in [0.5, 0.6) is 11.5 Å². The van der Waals surface area contributed by atoms with Crippen molar-refractivity contribution in [3.8, 4) is 11.5 Å². The van der Waals surface area contributed by atoms with Crippen LogP contribution in [0.25, 0.3) is 0 Å². The Labute approximate surface area is 155 Å². The zero-order valence-corrected chi connectivity index (χ0v) is 15.3. The third kappa shape index (κ3) is 4.70. The molecule has 2 aromatic carbocycles. The van der Waals surface area contributed by atoms with Crippen LogP contribution in [0.4, 0.5) is 5.69 Å². The number of rotatable bonds is 6. The monoisotopic (exact) mass is 373 g/mol. The Hall–Kier alpha value is -2.67. The Morgan fingerprint density at radius 1 is 1.15 bits per heavy atom. The zero-order valence-electron chi connectivity index (χ0n) is 14.5. The Bertz CT molecular complexity index is 806. The third-order valence-electron chi connectivity index (χ3n) is 3.70. The molecule has 0 saturated heterocycles. The minimum Gasteiger partial charge on any atom is -0.454 e. The van der Waals surface area contributed by atoms with Gasteiger partial charge in [0.05, 0.1) is 5.75 Å². The second-order valence-electron chi connectivity index (χ2n) is 5.79. The molecule has 0 aromatic heterocycles. The molecule has 1 atom stereocenters. The standard InChI is InChI=1S/C19H19NO5S/c1-12-3-6-15(7-4-12)26-10-18(21)25-13(2)19(22)20-14-5-8-16-17(9-14)24-11-23-16/h3-9,13H,10-11H2,1-2H3,(H,20,22). The van der Waals surface area contributed by atoms with E-state index >= 15 is 0 Å². The van der Waals surface area contributed by atoms with E-state index < -0.39 is 18.0 Å². The Morgan fingerprint density at radius 2 is 1.88 bits per heavy atom. The average Bonchev–Trinajstić information content (AvgIpc) is 3.09. The number of carbonyl (C=O) groups is 2. The number of thioether (sulfide) groups is 1. The summed E-state index contributed by atoms with van der Waals surface area (Å²) >= 11 is 1.37. The first kappa shape index (κ1) is 18.1. The van der Waals surface area contributed by atoms with Gasteiger partial charge in [-0.05, 0) is 38.1 Å². The summed E-state index contributed by atoms with van der Waals surface area (Å²) in [5.41, 5.74) is 1.71. The van der Waals surface area contributed by atoms with Crippen LogP contribution in [0.2, 0.25) is 0 Å². The Balaban J connectivity index is 1.47. The van der Waals surface area contributed by atoms with Crippen LogP contribution < -0.4 is 14.8 Å². The maximum Gasteiger partial charge on any atom is 0.317 e. The van der Waals surface area contributed by atoms with Gasteiger partial charge in [-0.25, -0.2) is 0 Å². The first-order valence-corrected chi connectivity index (χ1v) is 9.09. The minimum atomic E-state index is -0.897. The fraction of sp³-hybridized carbons (Fsp3) is 0.263. The van der Waals surface area contributed by atoms with Gasteiger partial charge in [-0.1, -0.05) is 17.7 Å². The number of carbonyl (C=O) groups excluding carboxylic acids is 2. The van der Waals surface area contributed by atoms with E-state index in [2.05, 4.69) is 5.32 Å². The molecule has 136 valence electrons. The second kappa shape index (κ2) is 8.14. The number of amides is 1. The van der Waals surface area contributed by atoms with Crippen molar-refractivity contribution in [2.75, 3.05) is 17.9 Å². The minimum absolute atomic E-state index is 0.144. The average molecular weight is 373 g/mol. The van der Waals surface area contributed by atoms with Gasteiger partial charge in [0.25, 0.3) is 5.91 Å². The summed E-state index contributed by atoms with van der Waals surface area (Å²) < 4.78 is 15.7. The number of hydrogen-bond donors (Lipinski definition) is 1. The first-order chi connectivity index (χ1) is 12.5. The van der Waals surface area contributed by atoms with Gasteiger partial charge < -0.3 is 19.5 Å². The molecule has 0 saturated carbocycles. The van der Waals surface area contributed by atoms with Crippen LogP contribution in [0, 0.1) is 6.92 Å². The van der Waals surface area contributed by atoms with Crippen molar-refractivity contribution in [2.24, 2.45) is 0 Å². The molecular weight excluding hydrogens is 354 g/mol. The molecule has 0 radical (unpaired) electrons. The van der Waals surface area contributed by atoms with Gasteiger partial charge in [0.2, 0.25) is 6.79 Å². The highest BCUT2D eigenvalue weighted by Gasteiger charge is 2.20. The smallest absolute Gasteiger partial charge is 0.317 e. The summed E-state index contributed by atoms with van der Waals surface area (Å²) in [6.45, 7) is 3.71. The lowest BCUT2D eigenvalue weighted by molar-refractivity contribution is -0.150. The molecule has 2 aromatic rings. The fourth-order valence-corrected chi connectivity index (χ4v) is 2.96. The molecule has 1 aliphatic heterocycles. The van der Waals surface area contributed by atoms with Gasteiger partial charge >= 0.3 is 5.97 Å². The van der Waals surface area contributed by atoms with Gasteiger partial charge in [0.1, 0.15) is 0 Å². The fourth-order valence-electron chi connectivity index (χ4n) is 2.28. The third-order valence-corrected chi connectivity index (χ3v) is 4.68. The lowest BCUT2D eigenvalue weighted by atomic mass is 10.2. The Kier molecular flexibility index (Phi) is 5.68. The first-order valence-electron chi connectivity index (χ1n) is 8.11. The summed E-state index contributed by atoms with van der Waals surface area (Å²) in [5, 5.41) is 2.70. The lowest BCUT2D eigenvalue weighted by Gasteiger charge is -2.13. The van der Waals surface area contributed by atoms with Crippen molar-refractivity contribution in [3.63, 3.8) is 0 Å². The molecule has 3 rings (SSSR count). The van der Waals surface area contributed by atoms with E-state index in [1.165, 1.54) is 18.7 Å². The molecule has 1 heterocycles. The molecule has 1 amide bonds. The van der Waals surface area contributed by atoms with Crippen LogP contribution >= 0.6 is 11.8 Å². The lowest BCUT2D eigenvalue weighted by Crippen LogP contribution is -2.30. The summed E-state index contributed by atoms with van der Waals surface area (Å²) in [6, 6.07) is 12.9. The van der Waals surface area contributed by atoms with E-state index in [-0.39, 0.29) is 12.5 Å². The largest absolute Gasteiger partial charge is 0.454 e. The normalized spacial score (nSPS) is 13.2. The zero-order chi connectivity index (χ0) is 18.5. The van der Waals surface area contributed by atoms with Gasteiger partial charge in [-0.15, -0.1) is 11.8 Å². The van der Waals surface area contributed by atoms with E-state index in [1.807, 2.05) is 31.2 Å². The van der Waals surface area contributed by atoms with Crippen molar-refractivity contribution in [3.05, 3.63) is 48.0 Å². The van der Waals surface area contributed by atoms with Crippen LogP contribution in [0.3, 0.4) is 0 Å². The van der Waals surface area contributed by atoms with Gasteiger partial charge in [0.15, 0.2) is 17.6 Å². The van der Waals surface area contributed by atoms with Gasteiger partial charge in [0, 0.05) is 16.6 Å². The number of fused-ring (bicyclic) bond motifs is 1. The van der Waals surface area contributed by atoms with Gasteiger partial charge in [-0.2, -0.15) is 0 Å². The SMILES string of the molecule is Cc1ccc(SCC(=O)OC(C)C(=O)Nc2ccc3c(c2)OCO3)cc1. The summed E-state index contributed by atoms with van der Waals surface area (Å²) in [4.78, 5) is 25.1. The molecule has 26 heavy (non-hydrogen) atoms. The van der Waals surface area contributed by atoms with Crippen molar-refractivity contribution in [1.29, 1.82) is 0 Å². The number of hydrogen-bond acceptors (Lipinski definition) is 6. The molecule has 1 N–H and O–H groups in total. The molecule has 0 bridgehead atoms. The molecule has 0 spiro atoms. The maximum absolute atomic E-state index is 12.2. The quantitative estimate of drug-likeness (QED) is 0.618. The number of esters is 1. The molecule has 1 aliphatic rings. The Morgan fingerprint density at radius 3 is 2.65 bits per heavy atom. The van der Waals surface area contributed by atoms with Gasteiger partial charge in [-0.3, -0.25) is 9.59 Å². The van der Waals surface area contributed by atoms with E-state index in [1.54, 1.807) is 18.2 Å². The van der Waals surface area contributed by atoms with Crippen LogP contribution in [0.15, 0.2) is 47.4 Å². The second-order valence-corrected chi connectivity index (χ2v) is 6.84. The molecule has 7 heteroatoms. The molecule has 6 nitrogen and oxygen atoms in total. The predicted octanol–water partition coefficient (Wildman–Crippen LogP) is 3.39. The molecule has 0 fully saturated rings. The molecule has 0 aliphatic carbocycles. The predicted molar refractivity (Wildman–Crippen MR) is 98.7 cm³/mol. The van der Waals surface area contributed by atoms with Crippen LogP contribution in [0.1, 0.15) is 12.5 Å². The number of ether oxygens (including phenoxy) is 3. The number of anilines is 1. The van der Waals surface area contributed by atoms with Crippen LogP contribution in [-0.4, -0.2) is 30.5 Å². The summed E-state index contributed by atoms with van der Waals surface area (Å²) in [6.07, 6.45) is -0.897. The van der Waals surface area contributed by atoms with E-state index in [0.717, 1.165) is 10.5 Å². The molecular formula is C19H19NO5S. The van der Waals surface area contributed by atoms with Crippen molar-refractivity contribution in [2.45, 2.75) is 24.8 Å². The van der Waals surface area contributed by atoms with Crippen molar-refractivity contribution in [1.82, 2.24) is 0 Å².